The van der Waals surface area contributed by atoms with Gasteiger partial charge in [0, 0.05) is 42.8 Å². The maximum atomic E-state index is 4.24. The highest BCUT2D eigenvalue weighted by Crippen LogP contribution is 2.29. The fourth-order valence-corrected chi connectivity index (χ4v) is 3.94. The third-order valence-corrected chi connectivity index (χ3v) is 5.25. The Labute approximate surface area is 134 Å². The Balaban J connectivity index is 1.46. The second-order valence-electron chi connectivity index (χ2n) is 5.89. The Morgan fingerprint density at radius 2 is 2.05 bits per heavy atom. The van der Waals surface area contributed by atoms with Crippen molar-refractivity contribution in [3.63, 3.8) is 0 Å². The van der Waals surface area contributed by atoms with Gasteiger partial charge in [-0.05, 0) is 41.2 Å². The summed E-state index contributed by atoms with van der Waals surface area (Å²) < 4.78 is 5.48. The van der Waals surface area contributed by atoms with Crippen LogP contribution in [-0.2, 0) is 0 Å². The monoisotopic (exact) mass is 309 g/mol. The van der Waals surface area contributed by atoms with E-state index in [-0.39, 0.29) is 0 Å². The van der Waals surface area contributed by atoms with Crippen molar-refractivity contribution >= 4 is 27.3 Å². The summed E-state index contributed by atoms with van der Waals surface area (Å²) in [5, 5.41) is 8.36. The number of hydrogen-bond donors (Lipinski definition) is 2. The van der Waals surface area contributed by atoms with Crippen LogP contribution in [0.15, 0.2) is 54.7 Å². The van der Waals surface area contributed by atoms with Gasteiger partial charge in [0.05, 0.1) is 4.70 Å². The van der Waals surface area contributed by atoms with Crippen LogP contribution >= 0.6 is 11.5 Å². The van der Waals surface area contributed by atoms with E-state index in [1.807, 2.05) is 6.20 Å². The van der Waals surface area contributed by atoms with Gasteiger partial charge in [-0.3, -0.25) is 0 Å². The van der Waals surface area contributed by atoms with Crippen molar-refractivity contribution in [2.45, 2.75) is 5.92 Å². The molecule has 0 spiro atoms. The smallest absolute Gasteiger partial charge is 0.0570 e. The molecule has 22 heavy (non-hydrogen) atoms. The number of aromatic nitrogens is 1. The van der Waals surface area contributed by atoms with Crippen LogP contribution in [0, 0.1) is 5.92 Å². The first-order valence-corrected chi connectivity index (χ1v) is 8.51. The predicted molar refractivity (Wildman–Crippen MR) is 93.7 cm³/mol. The molecule has 3 aromatic rings. The minimum atomic E-state index is 0.598. The van der Waals surface area contributed by atoms with Gasteiger partial charge >= 0.3 is 0 Å². The summed E-state index contributed by atoms with van der Waals surface area (Å²) in [5.74, 6) is 1.22. The highest BCUT2D eigenvalue weighted by Gasteiger charge is 2.27. The molecule has 0 unspecified atom stereocenters. The number of rotatable bonds is 4. The maximum Gasteiger partial charge on any atom is 0.0570 e. The average Bonchev–Trinajstić information content (AvgIpc) is 3.22. The van der Waals surface area contributed by atoms with Crippen LogP contribution in [0.5, 0.6) is 0 Å². The van der Waals surface area contributed by atoms with Gasteiger partial charge in [0.1, 0.15) is 0 Å². The number of fused-ring (bicyclic) bond motifs is 1. The quantitative estimate of drug-likeness (QED) is 0.771. The summed E-state index contributed by atoms with van der Waals surface area (Å²) in [4.78, 5) is 0. The number of hydrogen-bond acceptors (Lipinski definition) is 4. The molecular weight excluding hydrogens is 290 g/mol. The fraction of sp³-hybridized carbons (Fsp3) is 0.278. The molecule has 1 aliphatic heterocycles. The molecular formula is C18H19N3S. The summed E-state index contributed by atoms with van der Waals surface area (Å²) >= 11 is 1.55. The van der Waals surface area contributed by atoms with Gasteiger partial charge in [0.15, 0.2) is 0 Å². The van der Waals surface area contributed by atoms with Crippen LogP contribution < -0.4 is 10.6 Å². The van der Waals surface area contributed by atoms with Crippen LogP contribution in [-0.4, -0.2) is 24.0 Å². The molecule has 1 aliphatic rings. The SMILES string of the molecule is c1ccc([C@@H]2CNC[C@H]2CNc2ccc3cnsc3c2)cc1. The van der Waals surface area contributed by atoms with Crippen LogP contribution in [0.25, 0.3) is 10.1 Å². The molecule has 4 rings (SSSR count). The topological polar surface area (TPSA) is 37.0 Å². The molecule has 0 bridgehead atoms. The number of benzene rings is 2. The Hall–Kier alpha value is -1.91. The van der Waals surface area contributed by atoms with Crippen molar-refractivity contribution in [1.82, 2.24) is 9.69 Å². The molecule has 0 aliphatic carbocycles. The molecule has 1 fully saturated rings. The highest BCUT2D eigenvalue weighted by molar-refractivity contribution is 7.13. The van der Waals surface area contributed by atoms with Crippen LogP contribution in [0.4, 0.5) is 5.69 Å². The zero-order chi connectivity index (χ0) is 14.8. The molecule has 2 atom stereocenters. The highest BCUT2D eigenvalue weighted by atomic mass is 32.1. The van der Waals surface area contributed by atoms with Gasteiger partial charge in [0.25, 0.3) is 0 Å². The van der Waals surface area contributed by atoms with Crippen molar-refractivity contribution in [3.8, 4) is 0 Å². The van der Waals surface area contributed by atoms with E-state index in [4.69, 9.17) is 0 Å². The summed E-state index contributed by atoms with van der Waals surface area (Å²) in [6.45, 7) is 3.15. The standard InChI is InChI=1S/C18H19N3S/c1-2-4-13(5-3-1)17-12-19-9-15(17)10-20-16-7-6-14-11-21-22-18(14)8-16/h1-8,11,15,17,19-20H,9-10,12H2/t15-,17-/m0/s1. The lowest BCUT2D eigenvalue weighted by atomic mass is 9.89. The van der Waals surface area contributed by atoms with E-state index in [0.717, 1.165) is 19.6 Å². The van der Waals surface area contributed by atoms with Crippen molar-refractivity contribution in [2.24, 2.45) is 5.92 Å². The Morgan fingerprint density at radius 3 is 2.95 bits per heavy atom. The van der Waals surface area contributed by atoms with E-state index in [2.05, 4.69) is 63.5 Å². The van der Waals surface area contributed by atoms with Crippen molar-refractivity contribution in [3.05, 3.63) is 60.3 Å². The maximum absolute atomic E-state index is 4.24. The molecule has 2 heterocycles. The summed E-state index contributed by atoms with van der Waals surface area (Å²) in [6.07, 6.45) is 1.93. The molecule has 1 saturated heterocycles. The summed E-state index contributed by atoms with van der Waals surface area (Å²) in [7, 11) is 0. The van der Waals surface area contributed by atoms with Crippen molar-refractivity contribution < 1.29 is 0 Å². The molecule has 2 aromatic carbocycles. The lowest BCUT2D eigenvalue weighted by Gasteiger charge is -2.20. The van der Waals surface area contributed by atoms with Gasteiger partial charge < -0.3 is 10.6 Å². The normalized spacial score (nSPS) is 21.3. The van der Waals surface area contributed by atoms with Crippen LogP contribution in [0.2, 0.25) is 0 Å². The number of nitrogens with zero attached hydrogens (tertiary/aromatic N) is 1. The first-order valence-electron chi connectivity index (χ1n) is 7.74. The second-order valence-corrected chi connectivity index (χ2v) is 6.73. The second kappa shape index (κ2) is 6.07. The average molecular weight is 309 g/mol. The lowest BCUT2D eigenvalue weighted by Crippen LogP contribution is -2.20. The van der Waals surface area contributed by atoms with E-state index < -0.39 is 0 Å². The number of nitrogens with one attached hydrogen (secondary N) is 2. The molecule has 1 aromatic heterocycles. The van der Waals surface area contributed by atoms with E-state index in [0.29, 0.717) is 11.8 Å². The first-order chi connectivity index (χ1) is 10.9. The third-order valence-electron chi connectivity index (χ3n) is 4.49. The zero-order valence-electron chi connectivity index (χ0n) is 12.3. The van der Waals surface area contributed by atoms with E-state index in [9.17, 15) is 0 Å². The molecule has 0 amide bonds. The fourth-order valence-electron chi connectivity index (χ4n) is 3.26. The Bertz CT molecular complexity index is 753. The minimum Gasteiger partial charge on any atom is -0.385 e. The van der Waals surface area contributed by atoms with E-state index >= 15 is 0 Å². The lowest BCUT2D eigenvalue weighted by molar-refractivity contribution is 0.546. The Kier molecular flexibility index (Phi) is 3.79. The zero-order valence-corrected chi connectivity index (χ0v) is 13.1. The van der Waals surface area contributed by atoms with Crippen LogP contribution in [0.3, 0.4) is 0 Å². The summed E-state index contributed by atoms with van der Waals surface area (Å²) in [6, 6.07) is 17.3. The van der Waals surface area contributed by atoms with Crippen molar-refractivity contribution in [1.29, 1.82) is 0 Å². The molecule has 4 heteroatoms. The molecule has 0 radical (unpaired) electrons. The third kappa shape index (κ3) is 2.72. The first kappa shape index (κ1) is 13.7. The Morgan fingerprint density at radius 1 is 1.14 bits per heavy atom. The van der Waals surface area contributed by atoms with E-state index in [1.54, 1.807) is 11.5 Å². The van der Waals surface area contributed by atoms with Crippen LogP contribution in [0.1, 0.15) is 11.5 Å². The molecule has 0 saturated carbocycles. The van der Waals surface area contributed by atoms with Crippen molar-refractivity contribution in [2.75, 3.05) is 25.0 Å². The van der Waals surface area contributed by atoms with Gasteiger partial charge in [-0.15, -0.1) is 0 Å². The van der Waals surface area contributed by atoms with Gasteiger partial charge in [-0.25, -0.2) is 0 Å². The van der Waals surface area contributed by atoms with E-state index in [1.165, 1.54) is 21.3 Å². The predicted octanol–water partition coefficient (Wildman–Crippen LogP) is 3.71. The van der Waals surface area contributed by atoms with Gasteiger partial charge in [0.2, 0.25) is 0 Å². The molecule has 2 N–H and O–H groups in total. The minimum absolute atomic E-state index is 0.598. The molecule has 112 valence electrons. The largest absolute Gasteiger partial charge is 0.385 e. The summed E-state index contributed by atoms with van der Waals surface area (Å²) in [5.41, 5.74) is 2.63. The number of anilines is 1. The van der Waals surface area contributed by atoms with Gasteiger partial charge in [-0.1, -0.05) is 30.3 Å². The van der Waals surface area contributed by atoms with Gasteiger partial charge in [-0.2, -0.15) is 4.37 Å². The molecule has 3 nitrogen and oxygen atoms in total.